The Balaban J connectivity index is 0.00000118. The van der Waals surface area contributed by atoms with Crippen LogP contribution in [0.2, 0.25) is 0 Å². The lowest BCUT2D eigenvalue weighted by molar-refractivity contribution is -0.151. The average Bonchev–Trinajstić information content (AvgIpc) is 3.19. The van der Waals surface area contributed by atoms with Crippen molar-refractivity contribution < 1.29 is 19.5 Å². The summed E-state index contributed by atoms with van der Waals surface area (Å²) in [5.74, 6) is -0.936. The lowest BCUT2D eigenvalue weighted by Crippen LogP contribution is -2.48. The first-order valence-corrected chi connectivity index (χ1v) is 13.8. The first-order chi connectivity index (χ1) is 18.1. The van der Waals surface area contributed by atoms with Gasteiger partial charge in [-0.1, -0.05) is 76.8 Å². The van der Waals surface area contributed by atoms with E-state index in [9.17, 15) is 19.5 Å². The Hall–Kier alpha value is -3.22. The number of carboxylic acid groups (broad SMARTS) is 1. The molecule has 7 nitrogen and oxygen atoms in total. The fraction of sp³-hybridized carbons (Fsp3) is 0.548. The molecule has 1 heterocycles. The number of para-hydroxylation sites is 1. The average molecular weight is 524 g/mol. The second-order valence-corrected chi connectivity index (χ2v) is 11.1. The zero-order chi connectivity index (χ0) is 28.3. The van der Waals surface area contributed by atoms with E-state index in [1.807, 2.05) is 24.3 Å². The molecular formula is C31H45N3O4. The lowest BCUT2D eigenvalue weighted by Gasteiger charge is -2.27. The fourth-order valence-electron chi connectivity index (χ4n) is 5.06. The maximum atomic E-state index is 13.3. The van der Waals surface area contributed by atoms with Crippen molar-refractivity contribution in [3.05, 3.63) is 55.1 Å². The molecule has 0 spiro atoms. The third-order valence-corrected chi connectivity index (χ3v) is 6.94. The number of aliphatic carboxylic acids is 1. The van der Waals surface area contributed by atoms with Crippen LogP contribution in [-0.2, 0) is 14.4 Å². The number of amides is 2. The molecule has 1 atom stereocenters. The quantitative estimate of drug-likeness (QED) is 0.300. The van der Waals surface area contributed by atoms with Crippen molar-refractivity contribution in [3.63, 3.8) is 0 Å². The van der Waals surface area contributed by atoms with Gasteiger partial charge in [-0.3, -0.25) is 19.4 Å². The topological polar surface area (TPSA) is 99.1 Å². The van der Waals surface area contributed by atoms with Gasteiger partial charge in [-0.15, -0.1) is 13.2 Å². The maximum Gasteiger partial charge on any atom is 0.310 e. The van der Waals surface area contributed by atoms with E-state index in [1.165, 1.54) is 29.9 Å². The number of benzodiazepines with no additional fused rings is 1. The van der Waals surface area contributed by atoms with Crippen LogP contribution in [0.5, 0.6) is 0 Å². The molecule has 0 saturated heterocycles. The number of aliphatic imine (C=N–C) groups is 1. The number of benzene rings is 1. The minimum absolute atomic E-state index is 0.113. The molecule has 3 rings (SSSR count). The van der Waals surface area contributed by atoms with Gasteiger partial charge in [-0.05, 0) is 37.7 Å². The van der Waals surface area contributed by atoms with Gasteiger partial charge >= 0.3 is 5.97 Å². The van der Waals surface area contributed by atoms with Crippen molar-refractivity contribution in [2.45, 2.75) is 84.7 Å². The first kappa shape index (κ1) is 31.0. The molecule has 1 aromatic carbocycles. The monoisotopic (exact) mass is 523 g/mol. The summed E-state index contributed by atoms with van der Waals surface area (Å²) in [4.78, 5) is 44.8. The Labute approximate surface area is 228 Å². The second kappa shape index (κ2) is 14.6. The van der Waals surface area contributed by atoms with Crippen molar-refractivity contribution in [2.24, 2.45) is 22.2 Å². The smallest absolute Gasteiger partial charge is 0.310 e. The summed E-state index contributed by atoms with van der Waals surface area (Å²) in [7, 11) is 1.68. The number of fused-ring (bicyclic) bond motifs is 1. The van der Waals surface area contributed by atoms with Crippen molar-refractivity contribution in [3.8, 4) is 0 Å². The van der Waals surface area contributed by atoms with Crippen LogP contribution in [0, 0.1) is 17.3 Å². The second-order valence-electron chi connectivity index (χ2n) is 11.1. The van der Waals surface area contributed by atoms with Gasteiger partial charge in [0.15, 0.2) is 0 Å². The zero-order valence-electron chi connectivity index (χ0n) is 23.5. The van der Waals surface area contributed by atoms with Gasteiger partial charge in [0.25, 0.3) is 5.91 Å². The van der Waals surface area contributed by atoms with Crippen molar-refractivity contribution >= 4 is 29.2 Å². The van der Waals surface area contributed by atoms with E-state index in [2.05, 4.69) is 39.2 Å². The van der Waals surface area contributed by atoms with E-state index in [1.54, 1.807) is 7.05 Å². The van der Waals surface area contributed by atoms with E-state index < -0.39 is 23.5 Å². The summed E-state index contributed by atoms with van der Waals surface area (Å²) in [6.45, 7) is 13.8. The molecule has 1 unspecified atom stereocenters. The van der Waals surface area contributed by atoms with Crippen LogP contribution in [0.4, 0.5) is 5.69 Å². The number of hydrogen-bond donors (Lipinski definition) is 2. The molecule has 7 heteroatoms. The van der Waals surface area contributed by atoms with Gasteiger partial charge in [-0.2, -0.15) is 0 Å². The number of nitrogens with one attached hydrogen (secondary N) is 1. The highest BCUT2D eigenvalue weighted by Crippen LogP contribution is 2.34. The molecule has 2 aliphatic rings. The van der Waals surface area contributed by atoms with E-state index in [0.717, 1.165) is 48.6 Å². The van der Waals surface area contributed by atoms with Crippen molar-refractivity contribution in [1.82, 2.24) is 5.32 Å². The van der Waals surface area contributed by atoms with Gasteiger partial charge in [0.1, 0.15) is 0 Å². The normalized spacial score (nSPS) is 18.2. The van der Waals surface area contributed by atoms with E-state index in [-0.39, 0.29) is 31.1 Å². The van der Waals surface area contributed by atoms with Crippen LogP contribution in [0.1, 0.15) is 84.1 Å². The van der Waals surface area contributed by atoms with Crippen LogP contribution in [0.25, 0.3) is 0 Å². The number of carbonyl (C=O) groups is 3. The predicted octanol–water partition coefficient (Wildman–Crippen LogP) is 6.14. The number of likely N-dealkylation sites (N-methyl/N-ethyl adjacent to an activating group) is 1. The highest BCUT2D eigenvalue weighted by atomic mass is 16.4. The highest BCUT2D eigenvalue weighted by molar-refractivity contribution is 6.14. The molecule has 208 valence electrons. The van der Waals surface area contributed by atoms with Gasteiger partial charge in [0, 0.05) is 24.9 Å². The minimum atomic E-state index is -1.36. The predicted molar refractivity (Wildman–Crippen MR) is 154 cm³/mol. The zero-order valence-corrected chi connectivity index (χ0v) is 23.5. The standard InChI is InChI=1S/C27H35N3O4.C4H10/c1-4-16-27(17-5-2,26(33)34)18-22(31)28-24-25(32)30(3)21-15-11-10-14-20(21)23(29-24)19-12-8-6-7-9-13-19;1-4(2)3/h4-5,10-11,14-15,19,24H,1-2,6-9,12-13,16-18H2,3H3,(H,28,31)(H,33,34);4H,1-3H3. The number of allylic oxidation sites excluding steroid dienone is 2. The molecular weight excluding hydrogens is 478 g/mol. The molecule has 1 saturated carbocycles. The summed E-state index contributed by atoms with van der Waals surface area (Å²) in [6.07, 6.45) is 8.39. The van der Waals surface area contributed by atoms with Gasteiger partial charge < -0.3 is 15.3 Å². The maximum absolute atomic E-state index is 13.3. The molecule has 2 N–H and O–H groups in total. The number of anilines is 1. The van der Waals surface area contributed by atoms with Crippen molar-refractivity contribution in [2.75, 3.05) is 11.9 Å². The molecule has 38 heavy (non-hydrogen) atoms. The Bertz CT molecular complexity index is 1010. The first-order valence-electron chi connectivity index (χ1n) is 13.8. The number of nitrogens with zero attached hydrogens (tertiary/aromatic N) is 2. The lowest BCUT2D eigenvalue weighted by atomic mass is 9.78. The Morgan fingerprint density at radius 2 is 1.66 bits per heavy atom. The Morgan fingerprint density at radius 3 is 2.18 bits per heavy atom. The van der Waals surface area contributed by atoms with Crippen LogP contribution in [0.3, 0.4) is 0 Å². The molecule has 1 aliphatic carbocycles. The molecule has 1 aromatic rings. The summed E-state index contributed by atoms with van der Waals surface area (Å²) < 4.78 is 0. The van der Waals surface area contributed by atoms with Crippen LogP contribution in [-0.4, -0.2) is 41.8 Å². The van der Waals surface area contributed by atoms with E-state index in [0.29, 0.717) is 0 Å². The van der Waals surface area contributed by atoms with Gasteiger partial charge in [0.2, 0.25) is 12.1 Å². The number of carboxylic acids is 1. The molecule has 2 amide bonds. The molecule has 0 radical (unpaired) electrons. The van der Waals surface area contributed by atoms with Crippen molar-refractivity contribution in [1.29, 1.82) is 0 Å². The third kappa shape index (κ3) is 8.14. The third-order valence-electron chi connectivity index (χ3n) is 6.94. The van der Waals surface area contributed by atoms with Crippen LogP contribution < -0.4 is 10.2 Å². The Kier molecular flexibility index (Phi) is 11.9. The van der Waals surface area contributed by atoms with E-state index >= 15 is 0 Å². The molecule has 1 aliphatic heterocycles. The Morgan fingerprint density at radius 1 is 1.11 bits per heavy atom. The summed E-state index contributed by atoms with van der Waals surface area (Å²) >= 11 is 0. The van der Waals surface area contributed by atoms with Crippen LogP contribution >= 0.6 is 0 Å². The number of carbonyl (C=O) groups excluding carboxylic acids is 2. The van der Waals surface area contributed by atoms with Gasteiger partial charge in [0.05, 0.1) is 16.8 Å². The number of rotatable bonds is 9. The molecule has 1 fully saturated rings. The molecule has 0 bridgehead atoms. The summed E-state index contributed by atoms with van der Waals surface area (Å²) in [6, 6.07) is 7.70. The van der Waals surface area contributed by atoms with Crippen LogP contribution in [0.15, 0.2) is 54.6 Å². The SMILES string of the molecule is C=CCC(CC=C)(CC(=O)NC1N=C(C2CCCCCC2)c2ccccc2N(C)C1=O)C(=O)O.CC(C)C. The largest absolute Gasteiger partial charge is 0.481 e. The summed E-state index contributed by atoms with van der Waals surface area (Å²) in [5.41, 5.74) is 1.18. The van der Waals surface area contributed by atoms with E-state index in [4.69, 9.17) is 4.99 Å². The molecule has 0 aromatic heterocycles. The van der Waals surface area contributed by atoms with Gasteiger partial charge in [-0.25, -0.2) is 0 Å². The summed E-state index contributed by atoms with van der Waals surface area (Å²) in [5, 5.41) is 12.6. The number of hydrogen-bond acceptors (Lipinski definition) is 4. The fourth-order valence-corrected chi connectivity index (χ4v) is 5.06. The highest BCUT2D eigenvalue weighted by Gasteiger charge is 2.40. The minimum Gasteiger partial charge on any atom is -0.481 e.